The van der Waals surface area contributed by atoms with Crippen molar-refractivity contribution in [2.45, 2.75) is 70.4 Å². The van der Waals surface area contributed by atoms with Gasteiger partial charge in [0.25, 0.3) is 0 Å². The van der Waals surface area contributed by atoms with E-state index in [4.69, 9.17) is 4.52 Å². The van der Waals surface area contributed by atoms with Crippen LogP contribution in [0.15, 0.2) is 4.52 Å². The van der Waals surface area contributed by atoms with Crippen molar-refractivity contribution >= 4 is 6.03 Å². The molecule has 0 bridgehead atoms. The van der Waals surface area contributed by atoms with Gasteiger partial charge in [-0.05, 0) is 39.0 Å². The Morgan fingerprint density at radius 2 is 1.95 bits per heavy atom. The van der Waals surface area contributed by atoms with Crippen molar-refractivity contribution in [2.75, 3.05) is 6.54 Å². The van der Waals surface area contributed by atoms with Gasteiger partial charge in [0, 0.05) is 12.6 Å². The number of hydrogen-bond donors (Lipinski definition) is 1. The summed E-state index contributed by atoms with van der Waals surface area (Å²) < 4.78 is 5.29. The molecule has 1 unspecified atom stereocenters. The number of rotatable bonds is 2. The monoisotopic (exact) mass is 292 g/mol. The Kier molecular flexibility index (Phi) is 4.41. The van der Waals surface area contributed by atoms with Gasteiger partial charge in [-0.15, -0.1) is 0 Å². The quantitative estimate of drug-likeness (QED) is 0.909. The third-order valence-electron chi connectivity index (χ3n) is 4.52. The van der Waals surface area contributed by atoms with Crippen LogP contribution in [0.5, 0.6) is 0 Å². The van der Waals surface area contributed by atoms with Crippen molar-refractivity contribution < 1.29 is 9.32 Å². The number of carbonyl (C=O) groups excluding carboxylic acids is 1. The van der Waals surface area contributed by atoms with E-state index in [1.807, 2.05) is 11.8 Å². The standard InChI is InChI=1S/C15H24N4O2/c1-11-16-14(21-18-11)13-9-5-6-10-19(13)15(20)17-12-7-3-2-4-8-12/h12-13H,2-10H2,1H3,(H,17,20). The minimum atomic E-state index is -0.0662. The van der Waals surface area contributed by atoms with Gasteiger partial charge in [0.1, 0.15) is 6.04 Å². The molecular formula is C15H24N4O2. The summed E-state index contributed by atoms with van der Waals surface area (Å²) >= 11 is 0. The summed E-state index contributed by atoms with van der Waals surface area (Å²) in [6.45, 7) is 2.58. The summed E-state index contributed by atoms with van der Waals surface area (Å²) in [5, 5.41) is 7.05. The molecule has 0 spiro atoms. The number of likely N-dealkylation sites (tertiary alicyclic amines) is 1. The molecule has 2 aliphatic rings. The highest BCUT2D eigenvalue weighted by Crippen LogP contribution is 2.30. The largest absolute Gasteiger partial charge is 0.337 e. The molecule has 0 radical (unpaired) electrons. The molecule has 1 N–H and O–H groups in total. The van der Waals surface area contributed by atoms with Crippen LogP contribution in [0.1, 0.15) is 69.1 Å². The summed E-state index contributed by atoms with van der Waals surface area (Å²) in [7, 11) is 0. The second-order valence-corrected chi connectivity index (χ2v) is 6.17. The van der Waals surface area contributed by atoms with Crippen LogP contribution in [0.2, 0.25) is 0 Å². The normalized spacial score (nSPS) is 24.0. The zero-order valence-electron chi connectivity index (χ0n) is 12.7. The van der Waals surface area contributed by atoms with E-state index in [9.17, 15) is 4.79 Å². The van der Waals surface area contributed by atoms with Gasteiger partial charge in [-0.1, -0.05) is 24.4 Å². The van der Waals surface area contributed by atoms with E-state index < -0.39 is 0 Å². The van der Waals surface area contributed by atoms with Crippen LogP contribution in [-0.4, -0.2) is 33.7 Å². The maximum absolute atomic E-state index is 12.6. The predicted molar refractivity (Wildman–Crippen MR) is 77.7 cm³/mol. The van der Waals surface area contributed by atoms with E-state index in [2.05, 4.69) is 15.5 Å². The van der Waals surface area contributed by atoms with Gasteiger partial charge < -0.3 is 14.7 Å². The third kappa shape index (κ3) is 3.36. The molecule has 3 rings (SSSR count). The first kappa shape index (κ1) is 14.4. The predicted octanol–water partition coefficient (Wildman–Crippen LogP) is 2.95. The number of aromatic nitrogens is 2. The minimum Gasteiger partial charge on any atom is -0.337 e. The Hall–Kier alpha value is -1.59. The maximum atomic E-state index is 12.6. The summed E-state index contributed by atoms with van der Waals surface area (Å²) in [6, 6.07) is 0.296. The van der Waals surface area contributed by atoms with Crippen molar-refractivity contribution in [1.29, 1.82) is 0 Å². The zero-order valence-corrected chi connectivity index (χ0v) is 12.7. The molecule has 2 amide bonds. The van der Waals surface area contributed by atoms with Crippen molar-refractivity contribution in [3.63, 3.8) is 0 Å². The van der Waals surface area contributed by atoms with Crippen LogP contribution < -0.4 is 5.32 Å². The molecule has 2 heterocycles. The molecule has 6 heteroatoms. The van der Waals surface area contributed by atoms with Crippen molar-refractivity contribution in [1.82, 2.24) is 20.4 Å². The third-order valence-corrected chi connectivity index (χ3v) is 4.52. The van der Waals surface area contributed by atoms with Crippen LogP contribution in [0.4, 0.5) is 4.79 Å². The topological polar surface area (TPSA) is 71.3 Å². The Morgan fingerprint density at radius 3 is 2.67 bits per heavy atom. The smallest absolute Gasteiger partial charge is 0.318 e. The molecule has 1 atom stereocenters. The molecular weight excluding hydrogens is 268 g/mol. The zero-order chi connectivity index (χ0) is 14.7. The highest BCUT2D eigenvalue weighted by atomic mass is 16.5. The Bertz CT molecular complexity index is 482. The first-order valence-corrected chi connectivity index (χ1v) is 8.11. The lowest BCUT2D eigenvalue weighted by molar-refractivity contribution is 0.127. The molecule has 1 saturated carbocycles. The summed E-state index contributed by atoms with van der Waals surface area (Å²) in [6.07, 6.45) is 8.98. The lowest BCUT2D eigenvalue weighted by Crippen LogP contribution is -2.48. The summed E-state index contributed by atoms with van der Waals surface area (Å²) in [5.41, 5.74) is 0. The molecule has 21 heavy (non-hydrogen) atoms. The van der Waals surface area contributed by atoms with E-state index >= 15 is 0 Å². The number of urea groups is 1. The van der Waals surface area contributed by atoms with Gasteiger partial charge in [0.2, 0.25) is 5.89 Å². The molecule has 0 aromatic carbocycles. The van der Waals surface area contributed by atoms with Gasteiger partial charge in [-0.3, -0.25) is 0 Å². The van der Waals surface area contributed by atoms with Gasteiger partial charge in [-0.25, -0.2) is 4.79 Å². The highest BCUT2D eigenvalue weighted by molar-refractivity contribution is 5.75. The fraction of sp³-hybridized carbons (Fsp3) is 0.800. The molecule has 1 aliphatic heterocycles. The number of aryl methyl sites for hydroxylation is 1. The average Bonchev–Trinajstić information content (AvgIpc) is 2.95. The Balaban J connectivity index is 1.66. The number of carbonyl (C=O) groups is 1. The molecule has 1 saturated heterocycles. The van der Waals surface area contributed by atoms with Crippen LogP contribution >= 0.6 is 0 Å². The Labute approximate surface area is 125 Å². The second kappa shape index (κ2) is 6.45. The van der Waals surface area contributed by atoms with Gasteiger partial charge in [0.15, 0.2) is 5.82 Å². The molecule has 1 aliphatic carbocycles. The Morgan fingerprint density at radius 1 is 1.19 bits per heavy atom. The first-order chi connectivity index (χ1) is 10.2. The molecule has 6 nitrogen and oxygen atoms in total. The van der Waals surface area contributed by atoms with Crippen LogP contribution in [0.25, 0.3) is 0 Å². The van der Waals surface area contributed by atoms with Crippen LogP contribution in [-0.2, 0) is 0 Å². The molecule has 1 aromatic rings. The second-order valence-electron chi connectivity index (χ2n) is 6.17. The number of piperidine rings is 1. The lowest BCUT2D eigenvalue weighted by Gasteiger charge is -2.35. The average molecular weight is 292 g/mol. The maximum Gasteiger partial charge on any atom is 0.318 e. The molecule has 2 fully saturated rings. The number of nitrogens with zero attached hydrogens (tertiary/aromatic N) is 3. The fourth-order valence-electron chi connectivity index (χ4n) is 3.38. The van der Waals surface area contributed by atoms with E-state index in [0.29, 0.717) is 17.8 Å². The van der Waals surface area contributed by atoms with E-state index in [0.717, 1.165) is 38.6 Å². The SMILES string of the molecule is Cc1noc(C2CCCCN2C(=O)NC2CCCCC2)n1. The summed E-state index contributed by atoms with van der Waals surface area (Å²) in [5.74, 6) is 1.20. The number of amides is 2. The van der Waals surface area contributed by atoms with E-state index in [1.54, 1.807) is 0 Å². The number of nitrogens with one attached hydrogen (secondary N) is 1. The summed E-state index contributed by atoms with van der Waals surface area (Å²) in [4.78, 5) is 18.8. The van der Waals surface area contributed by atoms with Crippen LogP contribution in [0, 0.1) is 6.92 Å². The van der Waals surface area contributed by atoms with Gasteiger partial charge >= 0.3 is 6.03 Å². The molecule has 116 valence electrons. The number of hydrogen-bond acceptors (Lipinski definition) is 4. The van der Waals surface area contributed by atoms with Crippen molar-refractivity contribution in [2.24, 2.45) is 0 Å². The van der Waals surface area contributed by atoms with Crippen molar-refractivity contribution in [3.05, 3.63) is 11.7 Å². The minimum absolute atomic E-state index is 0.0300. The van der Waals surface area contributed by atoms with Gasteiger partial charge in [-0.2, -0.15) is 4.98 Å². The van der Waals surface area contributed by atoms with E-state index in [1.165, 1.54) is 19.3 Å². The molecule has 1 aromatic heterocycles. The lowest BCUT2D eigenvalue weighted by atomic mass is 9.95. The fourth-order valence-corrected chi connectivity index (χ4v) is 3.38. The first-order valence-electron chi connectivity index (χ1n) is 8.11. The van der Waals surface area contributed by atoms with Crippen molar-refractivity contribution in [3.8, 4) is 0 Å². The van der Waals surface area contributed by atoms with Gasteiger partial charge in [0.05, 0.1) is 0 Å². The van der Waals surface area contributed by atoms with Crippen LogP contribution in [0.3, 0.4) is 0 Å². The van der Waals surface area contributed by atoms with E-state index in [-0.39, 0.29) is 12.1 Å². The highest BCUT2D eigenvalue weighted by Gasteiger charge is 2.32.